The van der Waals surface area contributed by atoms with Crippen LogP contribution in [0.15, 0.2) is 0 Å². The van der Waals surface area contributed by atoms with E-state index in [0.29, 0.717) is 31.5 Å². The van der Waals surface area contributed by atoms with E-state index in [4.69, 9.17) is 5.11 Å². The fourth-order valence-electron chi connectivity index (χ4n) is 2.57. The molecule has 1 aromatic heterocycles. The highest BCUT2D eigenvalue weighted by Gasteiger charge is 2.29. The van der Waals surface area contributed by atoms with E-state index in [1.165, 1.54) is 0 Å². The fourth-order valence-corrected chi connectivity index (χ4v) is 2.57. The van der Waals surface area contributed by atoms with Gasteiger partial charge < -0.3 is 10.0 Å². The Kier molecular flexibility index (Phi) is 3.59. The third-order valence-electron chi connectivity index (χ3n) is 3.85. The summed E-state index contributed by atoms with van der Waals surface area (Å²) in [6, 6.07) is 0. The summed E-state index contributed by atoms with van der Waals surface area (Å²) in [6.45, 7) is 4.70. The molecule has 0 radical (unpaired) electrons. The highest BCUT2D eigenvalue weighted by Crippen LogP contribution is 2.21. The molecule has 6 heteroatoms. The van der Waals surface area contributed by atoms with Gasteiger partial charge in [0.05, 0.1) is 17.2 Å². The first-order valence-corrected chi connectivity index (χ1v) is 6.44. The summed E-state index contributed by atoms with van der Waals surface area (Å²) >= 11 is 0. The highest BCUT2D eigenvalue weighted by atomic mass is 16.4. The number of hydrogen-bond donors (Lipinski definition) is 1. The molecular weight excluding hydrogens is 246 g/mol. The molecular formula is C13H19N3O3. The Bertz CT molecular complexity index is 513. The molecule has 1 N–H and O–H groups in total. The number of hydrogen-bond acceptors (Lipinski definition) is 3. The monoisotopic (exact) mass is 265 g/mol. The molecule has 0 bridgehead atoms. The van der Waals surface area contributed by atoms with Gasteiger partial charge in [0.1, 0.15) is 0 Å². The smallest absolute Gasteiger partial charge is 0.306 e. The number of nitrogens with zero attached hydrogens (tertiary/aromatic N) is 3. The van der Waals surface area contributed by atoms with Gasteiger partial charge in [0.15, 0.2) is 0 Å². The second-order valence-electron chi connectivity index (χ2n) is 5.07. The lowest BCUT2D eigenvalue weighted by atomic mass is 9.96. The van der Waals surface area contributed by atoms with Gasteiger partial charge in [0.25, 0.3) is 5.91 Å². The lowest BCUT2D eigenvalue weighted by Gasteiger charge is -2.30. The predicted octanol–water partition coefficient (Wildman–Crippen LogP) is 0.974. The predicted molar refractivity (Wildman–Crippen MR) is 68.9 cm³/mol. The summed E-state index contributed by atoms with van der Waals surface area (Å²) in [4.78, 5) is 25.1. The van der Waals surface area contributed by atoms with E-state index < -0.39 is 5.97 Å². The normalized spacial score (nSPS) is 16.7. The lowest BCUT2D eigenvalue weighted by Crippen LogP contribution is -2.40. The molecule has 1 saturated heterocycles. The zero-order valence-electron chi connectivity index (χ0n) is 11.5. The molecule has 1 aromatic rings. The third kappa shape index (κ3) is 2.47. The minimum atomic E-state index is -0.763. The van der Waals surface area contributed by atoms with Crippen LogP contribution < -0.4 is 0 Å². The van der Waals surface area contributed by atoms with Gasteiger partial charge in [-0.1, -0.05) is 0 Å². The zero-order chi connectivity index (χ0) is 14.2. The molecule has 0 aromatic carbocycles. The quantitative estimate of drug-likeness (QED) is 0.864. The van der Waals surface area contributed by atoms with Crippen molar-refractivity contribution in [2.24, 2.45) is 13.0 Å². The Morgan fingerprint density at radius 3 is 2.26 bits per heavy atom. The second kappa shape index (κ2) is 5.03. The Balaban J connectivity index is 2.12. The van der Waals surface area contributed by atoms with Crippen LogP contribution in [0.3, 0.4) is 0 Å². The Morgan fingerprint density at radius 1 is 1.26 bits per heavy atom. The van der Waals surface area contributed by atoms with Crippen molar-refractivity contribution in [2.75, 3.05) is 13.1 Å². The first-order chi connectivity index (χ1) is 8.91. The molecule has 104 valence electrons. The Morgan fingerprint density at radius 2 is 1.84 bits per heavy atom. The van der Waals surface area contributed by atoms with Crippen LogP contribution in [0.5, 0.6) is 0 Å². The van der Waals surface area contributed by atoms with Crippen LogP contribution in [-0.4, -0.2) is 44.8 Å². The summed E-state index contributed by atoms with van der Waals surface area (Å²) in [5.74, 6) is -1.12. The SMILES string of the molecule is Cc1nn(C)c(C)c1C(=O)N1CCC(C(=O)O)CC1. The maximum absolute atomic E-state index is 12.5. The number of aliphatic carboxylic acids is 1. The van der Waals surface area contributed by atoms with Crippen LogP contribution in [0.2, 0.25) is 0 Å². The number of rotatable bonds is 2. The largest absolute Gasteiger partial charge is 0.481 e. The van der Waals surface area contributed by atoms with Gasteiger partial charge >= 0.3 is 5.97 Å². The summed E-state index contributed by atoms with van der Waals surface area (Å²) in [6.07, 6.45) is 1.05. The van der Waals surface area contributed by atoms with Crippen molar-refractivity contribution in [1.29, 1.82) is 0 Å². The molecule has 0 atom stereocenters. The van der Waals surface area contributed by atoms with Gasteiger partial charge in [0.2, 0.25) is 0 Å². The zero-order valence-corrected chi connectivity index (χ0v) is 11.5. The van der Waals surface area contributed by atoms with Crippen molar-refractivity contribution in [1.82, 2.24) is 14.7 Å². The van der Waals surface area contributed by atoms with Crippen LogP contribution in [0.4, 0.5) is 0 Å². The Labute approximate surface area is 112 Å². The topological polar surface area (TPSA) is 75.4 Å². The number of aryl methyl sites for hydroxylation is 2. The molecule has 2 rings (SSSR count). The molecule has 0 aliphatic carbocycles. The van der Waals surface area contributed by atoms with Crippen molar-refractivity contribution < 1.29 is 14.7 Å². The Hall–Kier alpha value is -1.85. The van der Waals surface area contributed by atoms with E-state index in [1.807, 2.05) is 20.9 Å². The maximum atomic E-state index is 12.5. The first kappa shape index (κ1) is 13.6. The van der Waals surface area contributed by atoms with E-state index in [1.54, 1.807) is 9.58 Å². The summed E-state index contributed by atoms with van der Waals surface area (Å²) in [5.41, 5.74) is 2.23. The van der Waals surface area contributed by atoms with Gasteiger partial charge in [0, 0.05) is 25.8 Å². The molecule has 2 heterocycles. The van der Waals surface area contributed by atoms with Crippen LogP contribution >= 0.6 is 0 Å². The van der Waals surface area contributed by atoms with Crippen molar-refractivity contribution in [3.63, 3.8) is 0 Å². The summed E-state index contributed by atoms with van der Waals surface area (Å²) < 4.78 is 1.70. The number of carbonyl (C=O) groups is 2. The molecule has 0 saturated carbocycles. The second-order valence-corrected chi connectivity index (χ2v) is 5.07. The average Bonchev–Trinajstić information content (AvgIpc) is 2.62. The summed E-state index contributed by atoms with van der Waals surface area (Å²) in [7, 11) is 1.82. The number of aromatic nitrogens is 2. The molecule has 1 amide bonds. The van der Waals surface area contributed by atoms with Crippen LogP contribution in [-0.2, 0) is 11.8 Å². The minimum Gasteiger partial charge on any atom is -0.481 e. The fraction of sp³-hybridized carbons (Fsp3) is 0.615. The number of carboxylic acid groups (broad SMARTS) is 1. The molecule has 0 spiro atoms. The first-order valence-electron chi connectivity index (χ1n) is 6.44. The van der Waals surface area contributed by atoms with E-state index >= 15 is 0 Å². The number of likely N-dealkylation sites (tertiary alicyclic amines) is 1. The molecule has 1 fully saturated rings. The minimum absolute atomic E-state index is 0.0352. The van der Waals surface area contributed by atoms with Crippen molar-refractivity contribution in [3.05, 3.63) is 17.0 Å². The van der Waals surface area contributed by atoms with E-state index in [2.05, 4.69) is 5.10 Å². The van der Waals surface area contributed by atoms with Gasteiger partial charge in [-0.05, 0) is 26.7 Å². The summed E-state index contributed by atoms with van der Waals surface area (Å²) in [5, 5.41) is 13.2. The molecule has 0 unspecified atom stereocenters. The van der Waals surface area contributed by atoms with E-state index in [9.17, 15) is 9.59 Å². The van der Waals surface area contributed by atoms with Crippen molar-refractivity contribution in [2.45, 2.75) is 26.7 Å². The third-order valence-corrected chi connectivity index (χ3v) is 3.85. The number of carbonyl (C=O) groups excluding carboxylic acids is 1. The van der Waals surface area contributed by atoms with Crippen LogP contribution in [0, 0.1) is 19.8 Å². The van der Waals surface area contributed by atoms with Crippen molar-refractivity contribution >= 4 is 11.9 Å². The van der Waals surface area contributed by atoms with Gasteiger partial charge in [-0.25, -0.2) is 0 Å². The van der Waals surface area contributed by atoms with E-state index in [0.717, 1.165) is 11.4 Å². The van der Waals surface area contributed by atoms with Crippen LogP contribution in [0.25, 0.3) is 0 Å². The average molecular weight is 265 g/mol. The standard InChI is InChI=1S/C13H19N3O3/c1-8-11(9(2)15(3)14-8)12(17)16-6-4-10(5-7-16)13(18)19/h10H,4-7H2,1-3H3,(H,18,19). The number of piperidine rings is 1. The molecule has 6 nitrogen and oxygen atoms in total. The lowest BCUT2D eigenvalue weighted by molar-refractivity contribution is -0.143. The maximum Gasteiger partial charge on any atom is 0.306 e. The number of amides is 1. The molecule has 1 aliphatic heterocycles. The number of carboxylic acids is 1. The van der Waals surface area contributed by atoms with Crippen LogP contribution in [0.1, 0.15) is 34.6 Å². The molecule has 19 heavy (non-hydrogen) atoms. The van der Waals surface area contributed by atoms with Gasteiger partial charge in [-0.3, -0.25) is 14.3 Å². The highest BCUT2D eigenvalue weighted by molar-refractivity contribution is 5.96. The van der Waals surface area contributed by atoms with Gasteiger partial charge in [-0.15, -0.1) is 0 Å². The van der Waals surface area contributed by atoms with E-state index in [-0.39, 0.29) is 11.8 Å². The van der Waals surface area contributed by atoms with Crippen molar-refractivity contribution in [3.8, 4) is 0 Å². The van der Waals surface area contributed by atoms with Gasteiger partial charge in [-0.2, -0.15) is 5.10 Å². The molecule has 1 aliphatic rings.